The Kier molecular flexibility index (Phi) is 4.35. The van der Waals surface area contributed by atoms with Gasteiger partial charge in [0.1, 0.15) is 0 Å². The third-order valence-corrected chi connectivity index (χ3v) is 7.58. The number of thiophene rings is 1. The van der Waals surface area contributed by atoms with Gasteiger partial charge in [0, 0.05) is 11.6 Å². The molecule has 6 rings (SSSR count). The number of hydrogen-bond acceptors (Lipinski definition) is 5. The standard InChI is InChI=1S/C24H19N3OS2/c28-21(17-8-7-16-12-15-4-1-2-5-19(15)20(16)13-17)14-30-24-26-25-23(22-6-3-11-29-22)27(24)18-9-10-18/h1-8,11,13,18H,9-10,12,14H2. The average molecular weight is 430 g/mol. The lowest BCUT2D eigenvalue weighted by Gasteiger charge is -2.08. The number of carbonyl (C=O) groups excluding carboxylic acids is 1. The molecule has 0 spiro atoms. The molecule has 0 radical (unpaired) electrons. The Hall–Kier alpha value is -2.70. The molecule has 2 heterocycles. The summed E-state index contributed by atoms with van der Waals surface area (Å²) in [5.74, 6) is 1.43. The van der Waals surface area contributed by atoms with Gasteiger partial charge in [0.15, 0.2) is 16.8 Å². The molecule has 1 saturated carbocycles. The van der Waals surface area contributed by atoms with Crippen molar-refractivity contribution in [1.29, 1.82) is 0 Å². The van der Waals surface area contributed by atoms with E-state index >= 15 is 0 Å². The maximum atomic E-state index is 13.0. The van der Waals surface area contributed by atoms with E-state index < -0.39 is 0 Å². The van der Waals surface area contributed by atoms with Gasteiger partial charge in [-0.1, -0.05) is 54.2 Å². The SMILES string of the molecule is O=C(CSc1nnc(-c2cccs2)n1C1CC1)c1ccc2c(c1)-c1ccccc1C2. The lowest BCUT2D eigenvalue weighted by molar-refractivity contribution is 0.102. The zero-order chi connectivity index (χ0) is 20.1. The number of aromatic nitrogens is 3. The second-order valence-corrected chi connectivity index (χ2v) is 9.69. The van der Waals surface area contributed by atoms with Crippen molar-refractivity contribution < 1.29 is 4.79 Å². The van der Waals surface area contributed by atoms with Gasteiger partial charge in [-0.25, -0.2) is 0 Å². The quantitative estimate of drug-likeness (QED) is 0.249. The number of Topliss-reactive ketones (excluding diaryl/α,β-unsaturated/α-hetero) is 1. The molecule has 1 fully saturated rings. The smallest absolute Gasteiger partial charge is 0.192 e. The highest BCUT2D eigenvalue weighted by molar-refractivity contribution is 7.99. The lowest BCUT2D eigenvalue weighted by Crippen LogP contribution is -2.05. The van der Waals surface area contributed by atoms with E-state index in [0.29, 0.717) is 11.8 Å². The van der Waals surface area contributed by atoms with Gasteiger partial charge in [-0.05, 0) is 59.0 Å². The zero-order valence-electron chi connectivity index (χ0n) is 16.2. The molecule has 2 aliphatic rings. The Morgan fingerprint density at radius 1 is 1.03 bits per heavy atom. The average Bonchev–Trinajstić information content (AvgIpc) is 3.18. The molecule has 4 aromatic rings. The molecule has 2 aromatic heterocycles. The first-order valence-electron chi connectivity index (χ1n) is 10.1. The van der Waals surface area contributed by atoms with Gasteiger partial charge in [-0.3, -0.25) is 9.36 Å². The fourth-order valence-corrected chi connectivity index (χ4v) is 5.73. The van der Waals surface area contributed by atoms with Crippen molar-refractivity contribution in [2.24, 2.45) is 0 Å². The van der Waals surface area contributed by atoms with Crippen LogP contribution in [0.3, 0.4) is 0 Å². The van der Waals surface area contributed by atoms with Crippen LogP contribution in [-0.2, 0) is 6.42 Å². The molecule has 148 valence electrons. The van der Waals surface area contributed by atoms with Crippen LogP contribution >= 0.6 is 23.1 Å². The summed E-state index contributed by atoms with van der Waals surface area (Å²) in [6, 6.07) is 19.2. The van der Waals surface area contributed by atoms with E-state index in [0.717, 1.165) is 40.7 Å². The van der Waals surface area contributed by atoms with Crippen LogP contribution in [0.2, 0.25) is 0 Å². The molecule has 0 bridgehead atoms. The molecule has 0 amide bonds. The van der Waals surface area contributed by atoms with Crippen molar-refractivity contribution in [3.8, 4) is 21.8 Å². The third-order valence-electron chi connectivity index (χ3n) is 5.77. The Labute approximate surface area is 183 Å². The molecule has 2 aliphatic carbocycles. The van der Waals surface area contributed by atoms with Gasteiger partial charge in [-0.2, -0.15) is 0 Å². The molecule has 0 saturated heterocycles. The van der Waals surface area contributed by atoms with Crippen molar-refractivity contribution >= 4 is 28.9 Å². The first-order chi connectivity index (χ1) is 14.8. The lowest BCUT2D eigenvalue weighted by atomic mass is 10.0. The minimum Gasteiger partial charge on any atom is -0.298 e. The zero-order valence-corrected chi connectivity index (χ0v) is 17.9. The molecule has 0 unspecified atom stereocenters. The Bertz CT molecular complexity index is 1260. The van der Waals surface area contributed by atoms with Crippen LogP contribution in [0.4, 0.5) is 0 Å². The number of carbonyl (C=O) groups is 1. The summed E-state index contributed by atoms with van der Waals surface area (Å²) in [6.45, 7) is 0. The summed E-state index contributed by atoms with van der Waals surface area (Å²) < 4.78 is 2.22. The van der Waals surface area contributed by atoms with Gasteiger partial charge < -0.3 is 0 Å². The molecular formula is C24H19N3OS2. The first kappa shape index (κ1) is 18.1. The summed E-state index contributed by atoms with van der Waals surface area (Å²) in [5.41, 5.74) is 5.86. The fourth-order valence-electron chi connectivity index (χ4n) is 4.12. The highest BCUT2D eigenvalue weighted by atomic mass is 32.2. The number of nitrogens with zero attached hydrogens (tertiary/aromatic N) is 3. The van der Waals surface area contributed by atoms with E-state index in [1.54, 1.807) is 11.3 Å². The van der Waals surface area contributed by atoms with Crippen LogP contribution in [0.15, 0.2) is 65.1 Å². The van der Waals surface area contributed by atoms with E-state index in [1.807, 2.05) is 12.1 Å². The van der Waals surface area contributed by atoms with Crippen LogP contribution < -0.4 is 0 Å². The second-order valence-electron chi connectivity index (χ2n) is 7.80. The third kappa shape index (κ3) is 3.11. The number of rotatable bonds is 6. The molecule has 30 heavy (non-hydrogen) atoms. The van der Waals surface area contributed by atoms with Crippen molar-refractivity contribution in [1.82, 2.24) is 14.8 Å². The first-order valence-corrected chi connectivity index (χ1v) is 12.0. The van der Waals surface area contributed by atoms with Crippen LogP contribution in [0.1, 0.15) is 40.4 Å². The minimum absolute atomic E-state index is 0.134. The predicted molar refractivity (Wildman–Crippen MR) is 121 cm³/mol. The fraction of sp³-hybridized carbons (Fsp3) is 0.208. The second kappa shape index (κ2) is 7.22. The Morgan fingerprint density at radius 2 is 1.90 bits per heavy atom. The van der Waals surface area contributed by atoms with E-state index in [-0.39, 0.29) is 5.78 Å². The molecule has 4 nitrogen and oxygen atoms in total. The molecule has 0 atom stereocenters. The van der Waals surface area contributed by atoms with Gasteiger partial charge in [-0.15, -0.1) is 21.5 Å². The van der Waals surface area contributed by atoms with Gasteiger partial charge in [0.2, 0.25) is 0 Å². The van der Waals surface area contributed by atoms with Crippen LogP contribution in [0.25, 0.3) is 21.8 Å². The predicted octanol–water partition coefficient (Wildman–Crippen LogP) is 5.89. The molecular weight excluding hydrogens is 410 g/mol. The summed E-state index contributed by atoms with van der Waals surface area (Å²) >= 11 is 3.18. The molecule has 2 aromatic carbocycles. The van der Waals surface area contributed by atoms with Crippen molar-refractivity contribution in [3.63, 3.8) is 0 Å². The minimum atomic E-state index is 0.134. The topological polar surface area (TPSA) is 47.8 Å². The number of benzene rings is 2. The van der Waals surface area contributed by atoms with Gasteiger partial charge in [0.05, 0.1) is 10.6 Å². The molecule has 6 heteroatoms. The summed E-state index contributed by atoms with van der Waals surface area (Å²) in [5, 5.41) is 11.8. The summed E-state index contributed by atoms with van der Waals surface area (Å²) in [7, 11) is 0. The Balaban J connectivity index is 1.24. The van der Waals surface area contributed by atoms with Crippen molar-refractivity contribution in [3.05, 3.63) is 76.7 Å². The Morgan fingerprint density at radius 3 is 2.73 bits per heavy atom. The van der Waals surface area contributed by atoms with Crippen molar-refractivity contribution in [2.45, 2.75) is 30.5 Å². The number of ketones is 1. The normalized spacial score (nSPS) is 14.5. The molecule has 0 aliphatic heterocycles. The maximum absolute atomic E-state index is 13.0. The van der Waals surface area contributed by atoms with E-state index in [2.05, 4.69) is 62.6 Å². The maximum Gasteiger partial charge on any atom is 0.192 e. The highest BCUT2D eigenvalue weighted by Gasteiger charge is 2.30. The van der Waals surface area contributed by atoms with Crippen molar-refractivity contribution in [2.75, 3.05) is 5.75 Å². The van der Waals surface area contributed by atoms with Gasteiger partial charge in [0.25, 0.3) is 0 Å². The van der Waals surface area contributed by atoms with Gasteiger partial charge >= 0.3 is 0 Å². The molecule has 0 N–H and O–H groups in total. The van der Waals surface area contributed by atoms with Crippen LogP contribution in [0.5, 0.6) is 0 Å². The van der Waals surface area contributed by atoms with E-state index in [1.165, 1.54) is 34.0 Å². The number of thioether (sulfide) groups is 1. The van der Waals surface area contributed by atoms with Crippen LogP contribution in [-0.4, -0.2) is 26.3 Å². The largest absolute Gasteiger partial charge is 0.298 e. The highest BCUT2D eigenvalue weighted by Crippen LogP contribution is 2.42. The van der Waals surface area contributed by atoms with Crippen LogP contribution in [0, 0.1) is 0 Å². The van der Waals surface area contributed by atoms with E-state index in [9.17, 15) is 4.79 Å². The van der Waals surface area contributed by atoms with E-state index in [4.69, 9.17) is 0 Å². The number of hydrogen-bond donors (Lipinski definition) is 0. The monoisotopic (exact) mass is 429 g/mol. The summed E-state index contributed by atoms with van der Waals surface area (Å²) in [4.78, 5) is 14.1. The number of fused-ring (bicyclic) bond motifs is 3. The summed E-state index contributed by atoms with van der Waals surface area (Å²) in [6.07, 6.45) is 3.26.